The molecule has 5 unspecified atom stereocenters. The molecule has 210 valence electrons. The predicted molar refractivity (Wildman–Crippen MR) is 137 cm³/mol. The van der Waals surface area contributed by atoms with E-state index in [4.69, 9.17) is 37.9 Å². The van der Waals surface area contributed by atoms with Crippen LogP contribution in [0.5, 0.6) is 0 Å². The van der Waals surface area contributed by atoms with Crippen LogP contribution in [0.1, 0.15) is 74.7 Å². The molecule has 6 aliphatic heterocycles. The Kier molecular flexibility index (Phi) is 18.5. The fourth-order valence-corrected chi connectivity index (χ4v) is 3.17. The van der Waals surface area contributed by atoms with Gasteiger partial charge in [0.25, 0.3) is 0 Å². The summed E-state index contributed by atoms with van der Waals surface area (Å²) in [5, 5.41) is 0. The summed E-state index contributed by atoms with van der Waals surface area (Å²) in [6.07, 6.45) is 5.51. The number of epoxide rings is 1. The van der Waals surface area contributed by atoms with Crippen LogP contribution in [-0.4, -0.2) is 89.9 Å². The second kappa shape index (κ2) is 19.7. The molecular weight excluding hydrogens is 452 g/mol. The third-order valence-electron chi connectivity index (χ3n) is 5.88. The third-order valence-corrected chi connectivity index (χ3v) is 5.88. The van der Waals surface area contributed by atoms with Crippen LogP contribution in [0.3, 0.4) is 0 Å². The molecule has 0 radical (unpaired) electrons. The average molecular weight is 507 g/mol. The van der Waals surface area contributed by atoms with Crippen molar-refractivity contribution < 1.29 is 37.9 Å². The molecule has 0 saturated carbocycles. The van der Waals surface area contributed by atoms with E-state index in [1.54, 1.807) is 0 Å². The van der Waals surface area contributed by atoms with Gasteiger partial charge in [-0.1, -0.05) is 13.8 Å². The summed E-state index contributed by atoms with van der Waals surface area (Å²) in [7, 11) is 0. The Labute approximate surface area is 214 Å². The van der Waals surface area contributed by atoms with E-state index >= 15 is 0 Å². The Balaban J connectivity index is 0.000000212. The fraction of sp³-hybridized carbons (Fsp3) is 1.00. The normalized spacial score (nSPS) is 35.3. The molecule has 6 fully saturated rings. The van der Waals surface area contributed by atoms with Crippen molar-refractivity contribution in [1.29, 1.82) is 0 Å². The summed E-state index contributed by atoms with van der Waals surface area (Å²) >= 11 is 0. The minimum atomic E-state index is -0.000000000000000222. The van der Waals surface area contributed by atoms with Crippen molar-refractivity contribution in [1.82, 2.24) is 0 Å². The lowest BCUT2D eigenvalue weighted by Gasteiger charge is -2.20. The molecular formula is C27H54O8. The van der Waals surface area contributed by atoms with Crippen molar-refractivity contribution in [2.45, 2.75) is 112 Å². The van der Waals surface area contributed by atoms with E-state index in [0.717, 1.165) is 64.7 Å². The molecule has 35 heavy (non-hydrogen) atoms. The molecule has 8 heteroatoms. The predicted octanol–water partition coefficient (Wildman–Crippen LogP) is 4.82. The van der Waals surface area contributed by atoms with Crippen molar-refractivity contribution in [2.24, 2.45) is 11.8 Å². The Morgan fingerprint density at radius 1 is 0.457 bits per heavy atom. The van der Waals surface area contributed by atoms with Gasteiger partial charge in [0, 0.05) is 25.7 Å². The zero-order valence-electron chi connectivity index (χ0n) is 23.7. The lowest BCUT2D eigenvalue weighted by atomic mass is 10.2. The lowest BCUT2D eigenvalue weighted by Crippen LogP contribution is -2.23. The van der Waals surface area contributed by atoms with Crippen LogP contribution in [0.25, 0.3) is 0 Å². The SMILES string of the molecule is CC1CCCO1.CC1CCOC1.CC1CO1.CC1COC1.CC1OC(C)C(C)O1.CC1OCCO1. The van der Waals surface area contributed by atoms with E-state index < -0.39 is 0 Å². The van der Waals surface area contributed by atoms with Gasteiger partial charge in [-0.3, -0.25) is 0 Å². The fourth-order valence-electron chi connectivity index (χ4n) is 3.17. The van der Waals surface area contributed by atoms with Crippen LogP contribution in [0.2, 0.25) is 0 Å². The maximum atomic E-state index is 5.25. The molecule has 0 aromatic rings. The van der Waals surface area contributed by atoms with E-state index in [0.29, 0.717) is 12.2 Å². The number of hydrogen-bond acceptors (Lipinski definition) is 8. The van der Waals surface area contributed by atoms with Gasteiger partial charge in [0.1, 0.15) is 0 Å². The van der Waals surface area contributed by atoms with Gasteiger partial charge >= 0.3 is 0 Å². The van der Waals surface area contributed by atoms with E-state index in [1.165, 1.54) is 19.3 Å². The van der Waals surface area contributed by atoms with Gasteiger partial charge in [-0.05, 0) is 66.7 Å². The quantitative estimate of drug-likeness (QED) is 0.433. The maximum absolute atomic E-state index is 5.25. The van der Waals surface area contributed by atoms with Crippen molar-refractivity contribution in [3.63, 3.8) is 0 Å². The first-order valence-electron chi connectivity index (χ1n) is 13.6. The molecule has 0 spiro atoms. The molecule has 0 aliphatic carbocycles. The number of hydrogen-bond donors (Lipinski definition) is 0. The summed E-state index contributed by atoms with van der Waals surface area (Å²) in [6.45, 7) is 23.9. The van der Waals surface area contributed by atoms with Crippen molar-refractivity contribution in [2.75, 3.05) is 52.9 Å². The molecule has 0 N–H and O–H groups in total. The van der Waals surface area contributed by atoms with Crippen LogP contribution in [-0.2, 0) is 37.9 Å². The average Bonchev–Trinajstić information content (AvgIpc) is 3.27. The van der Waals surface area contributed by atoms with E-state index in [9.17, 15) is 0 Å². The highest BCUT2D eigenvalue weighted by molar-refractivity contribution is 4.66. The summed E-state index contributed by atoms with van der Waals surface area (Å²) < 4.78 is 40.1. The summed E-state index contributed by atoms with van der Waals surface area (Å²) in [6, 6.07) is 0. The molecule has 6 heterocycles. The van der Waals surface area contributed by atoms with Gasteiger partial charge in [-0.15, -0.1) is 0 Å². The first kappa shape index (κ1) is 32.7. The van der Waals surface area contributed by atoms with Crippen LogP contribution in [0, 0.1) is 11.8 Å². The molecule has 0 aromatic heterocycles. The molecule has 6 saturated heterocycles. The first-order valence-corrected chi connectivity index (χ1v) is 13.6. The zero-order valence-corrected chi connectivity index (χ0v) is 23.7. The molecule has 5 atom stereocenters. The van der Waals surface area contributed by atoms with Crippen LogP contribution in [0.4, 0.5) is 0 Å². The molecule has 8 nitrogen and oxygen atoms in total. The lowest BCUT2D eigenvalue weighted by molar-refractivity contribution is -0.0470. The highest BCUT2D eigenvalue weighted by atomic mass is 16.7. The van der Waals surface area contributed by atoms with Crippen LogP contribution in [0.15, 0.2) is 0 Å². The molecule has 0 amide bonds. The Bertz CT molecular complexity index is 425. The molecule has 0 bridgehead atoms. The van der Waals surface area contributed by atoms with Gasteiger partial charge in [-0.25, -0.2) is 0 Å². The topological polar surface area (TPSA) is 77.1 Å². The first-order chi connectivity index (χ1) is 16.7. The van der Waals surface area contributed by atoms with Crippen LogP contribution >= 0.6 is 0 Å². The summed E-state index contributed by atoms with van der Waals surface area (Å²) in [4.78, 5) is 0. The Hall–Kier alpha value is -0.320. The standard InChI is InChI=1S/C6H12O2.2C5H10O.C4H8O2.C4H8O.C3H6O/c1-4-5(2)8-6(3)7-4;1-5-2-3-6-4-5;1-5-3-2-4-6-5;1-4-5-2-3-6-4;1-4-2-5-3-4;1-3-2-4-3/h4-6H,1-3H3;2*5H,2-4H2,1H3;4H,2-3H2,1H3;4H,2-3H2,1H3;3H,2H2,1H3. The molecule has 6 rings (SSSR count). The van der Waals surface area contributed by atoms with Crippen molar-refractivity contribution in [3.8, 4) is 0 Å². The summed E-state index contributed by atoms with van der Waals surface area (Å²) in [5.74, 6) is 1.67. The Morgan fingerprint density at radius 3 is 1.11 bits per heavy atom. The number of rotatable bonds is 0. The minimum absolute atomic E-state index is 0.000000000000000222. The zero-order chi connectivity index (χ0) is 26.1. The van der Waals surface area contributed by atoms with E-state index in [2.05, 4.69) is 27.7 Å². The van der Waals surface area contributed by atoms with Gasteiger partial charge in [0.05, 0.1) is 57.5 Å². The van der Waals surface area contributed by atoms with Crippen molar-refractivity contribution >= 4 is 0 Å². The highest BCUT2D eigenvalue weighted by Crippen LogP contribution is 2.16. The molecule has 0 aromatic carbocycles. The summed E-state index contributed by atoms with van der Waals surface area (Å²) in [5.41, 5.74) is 0. The highest BCUT2D eigenvalue weighted by Gasteiger charge is 2.25. The largest absolute Gasteiger partial charge is 0.381 e. The van der Waals surface area contributed by atoms with Crippen molar-refractivity contribution in [3.05, 3.63) is 0 Å². The monoisotopic (exact) mass is 506 g/mol. The third kappa shape index (κ3) is 19.5. The second-order valence-corrected chi connectivity index (χ2v) is 10.1. The number of ether oxygens (including phenoxy) is 8. The molecule has 6 aliphatic rings. The Morgan fingerprint density at radius 2 is 1.00 bits per heavy atom. The van der Waals surface area contributed by atoms with E-state index in [-0.39, 0.29) is 24.8 Å². The maximum Gasteiger partial charge on any atom is 0.155 e. The second-order valence-electron chi connectivity index (χ2n) is 10.1. The van der Waals surface area contributed by atoms with Gasteiger partial charge in [-0.2, -0.15) is 0 Å². The van der Waals surface area contributed by atoms with E-state index in [1.807, 2.05) is 27.7 Å². The van der Waals surface area contributed by atoms with Gasteiger partial charge < -0.3 is 37.9 Å². The van der Waals surface area contributed by atoms with Gasteiger partial charge in [0.15, 0.2) is 12.6 Å². The van der Waals surface area contributed by atoms with Crippen LogP contribution < -0.4 is 0 Å². The van der Waals surface area contributed by atoms with Gasteiger partial charge in [0.2, 0.25) is 0 Å². The smallest absolute Gasteiger partial charge is 0.155 e. The minimum Gasteiger partial charge on any atom is -0.381 e.